The van der Waals surface area contributed by atoms with Crippen molar-refractivity contribution in [3.8, 4) is 34.3 Å². The highest BCUT2D eigenvalue weighted by atomic mass is 16.7. The topological polar surface area (TPSA) is 61.8 Å². The highest BCUT2D eigenvalue weighted by molar-refractivity contribution is 5.93. The SMILES string of the molecule is CCNCc1cc2c(cc1-c1cc3ccc4c(c3cn1)OCO4)OCO2. The fourth-order valence-corrected chi connectivity index (χ4v) is 3.36. The van der Waals surface area contributed by atoms with Crippen molar-refractivity contribution < 1.29 is 18.9 Å². The van der Waals surface area contributed by atoms with E-state index in [9.17, 15) is 0 Å². The second-order valence-corrected chi connectivity index (χ2v) is 6.23. The first-order valence-electron chi connectivity index (χ1n) is 8.65. The largest absolute Gasteiger partial charge is 0.454 e. The van der Waals surface area contributed by atoms with Crippen LogP contribution in [0.25, 0.3) is 22.0 Å². The van der Waals surface area contributed by atoms with Gasteiger partial charge < -0.3 is 24.3 Å². The third-order valence-electron chi connectivity index (χ3n) is 4.68. The standard InChI is InChI=1S/C20H18N2O4/c1-2-21-8-13-6-18-19(25-10-24-18)7-14(13)16-5-12-3-4-17-20(26-11-23-17)15(12)9-22-16/h3-7,9,21H,2,8,10-11H2,1H3. The van der Waals surface area contributed by atoms with Gasteiger partial charge in [0.05, 0.1) is 5.69 Å². The quantitative estimate of drug-likeness (QED) is 0.777. The molecular weight excluding hydrogens is 332 g/mol. The number of ether oxygens (including phenoxy) is 4. The van der Waals surface area contributed by atoms with Crippen molar-refractivity contribution in [1.82, 2.24) is 10.3 Å². The summed E-state index contributed by atoms with van der Waals surface area (Å²) >= 11 is 0. The first-order valence-corrected chi connectivity index (χ1v) is 8.65. The summed E-state index contributed by atoms with van der Waals surface area (Å²) in [4.78, 5) is 4.69. The molecule has 2 aliphatic heterocycles. The molecule has 1 aromatic heterocycles. The molecule has 6 nitrogen and oxygen atoms in total. The maximum absolute atomic E-state index is 5.59. The molecule has 2 aliphatic rings. The molecule has 3 aromatic rings. The molecule has 132 valence electrons. The summed E-state index contributed by atoms with van der Waals surface area (Å²) in [5, 5.41) is 5.39. The molecule has 6 heteroatoms. The minimum absolute atomic E-state index is 0.255. The summed E-state index contributed by atoms with van der Waals surface area (Å²) in [5.41, 5.74) is 3.06. The van der Waals surface area contributed by atoms with Crippen LogP contribution in [0.4, 0.5) is 0 Å². The molecule has 1 N–H and O–H groups in total. The predicted molar refractivity (Wildman–Crippen MR) is 96.8 cm³/mol. The summed E-state index contributed by atoms with van der Waals surface area (Å²) in [5.74, 6) is 3.07. The summed E-state index contributed by atoms with van der Waals surface area (Å²) in [6.07, 6.45) is 1.85. The Hall–Kier alpha value is -2.99. The average molecular weight is 350 g/mol. The third kappa shape index (κ3) is 2.42. The van der Waals surface area contributed by atoms with Crippen molar-refractivity contribution in [2.75, 3.05) is 20.1 Å². The van der Waals surface area contributed by atoms with Crippen molar-refractivity contribution in [2.24, 2.45) is 0 Å². The summed E-state index contributed by atoms with van der Waals surface area (Å²) in [6.45, 7) is 4.23. The molecule has 0 aliphatic carbocycles. The Labute approximate surface area is 150 Å². The lowest BCUT2D eigenvalue weighted by Crippen LogP contribution is -2.12. The Morgan fingerprint density at radius 2 is 1.77 bits per heavy atom. The van der Waals surface area contributed by atoms with E-state index in [0.717, 1.165) is 63.7 Å². The van der Waals surface area contributed by atoms with E-state index < -0.39 is 0 Å². The third-order valence-corrected chi connectivity index (χ3v) is 4.68. The molecule has 26 heavy (non-hydrogen) atoms. The molecule has 0 atom stereocenters. The number of hydrogen-bond acceptors (Lipinski definition) is 6. The van der Waals surface area contributed by atoms with E-state index in [1.165, 1.54) is 0 Å². The molecule has 0 radical (unpaired) electrons. The Balaban J connectivity index is 1.64. The fraction of sp³-hybridized carbons (Fsp3) is 0.250. The zero-order valence-electron chi connectivity index (χ0n) is 14.4. The molecule has 2 aromatic carbocycles. The van der Waals surface area contributed by atoms with E-state index >= 15 is 0 Å². The lowest BCUT2D eigenvalue weighted by Gasteiger charge is -2.12. The van der Waals surface area contributed by atoms with Crippen LogP contribution < -0.4 is 24.3 Å². The molecular formula is C20H18N2O4. The highest BCUT2D eigenvalue weighted by Gasteiger charge is 2.20. The van der Waals surface area contributed by atoms with E-state index in [0.29, 0.717) is 0 Å². The van der Waals surface area contributed by atoms with Gasteiger partial charge in [0.2, 0.25) is 13.6 Å². The molecule has 0 unspecified atom stereocenters. The Kier molecular flexibility index (Phi) is 3.57. The van der Waals surface area contributed by atoms with Crippen molar-refractivity contribution in [1.29, 1.82) is 0 Å². The van der Waals surface area contributed by atoms with Crippen molar-refractivity contribution in [3.05, 3.63) is 42.1 Å². The monoisotopic (exact) mass is 350 g/mol. The lowest BCUT2D eigenvalue weighted by atomic mass is 10.0. The van der Waals surface area contributed by atoms with E-state index in [1.54, 1.807) is 0 Å². The number of fused-ring (bicyclic) bond motifs is 4. The molecule has 3 heterocycles. The molecule has 0 spiro atoms. The molecule has 0 saturated heterocycles. The van der Waals surface area contributed by atoms with Crippen molar-refractivity contribution in [3.63, 3.8) is 0 Å². The predicted octanol–water partition coefficient (Wildman–Crippen LogP) is 3.47. The minimum Gasteiger partial charge on any atom is -0.454 e. The Bertz CT molecular complexity index is 1000. The van der Waals surface area contributed by atoms with Crippen LogP contribution in [0.3, 0.4) is 0 Å². The number of aromatic nitrogens is 1. The number of benzene rings is 2. The van der Waals surface area contributed by atoms with Gasteiger partial charge in [0.1, 0.15) is 0 Å². The molecule has 0 saturated carbocycles. The van der Waals surface area contributed by atoms with Crippen LogP contribution in [0.2, 0.25) is 0 Å². The van der Waals surface area contributed by atoms with E-state index in [-0.39, 0.29) is 13.6 Å². The van der Waals surface area contributed by atoms with Gasteiger partial charge >= 0.3 is 0 Å². The number of nitrogens with zero attached hydrogens (tertiary/aromatic N) is 1. The normalized spacial score (nSPS) is 14.2. The first-order chi connectivity index (χ1) is 12.8. The van der Waals surface area contributed by atoms with Crippen LogP contribution in [-0.2, 0) is 6.54 Å². The van der Waals surface area contributed by atoms with Gasteiger partial charge in [-0.1, -0.05) is 13.0 Å². The van der Waals surface area contributed by atoms with Crippen LogP contribution in [0.5, 0.6) is 23.0 Å². The van der Waals surface area contributed by atoms with Crippen LogP contribution in [-0.4, -0.2) is 25.1 Å². The van der Waals surface area contributed by atoms with E-state index in [2.05, 4.69) is 23.3 Å². The van der Waals surface area contributed by atoms with Gasteiger partial charge in [-0.2, -0.15) is 0 Å². The molecule has 0 amide bonds. The van der Waals surface area contributed by atoms with Crippen LogP contribution in [0.15, 0.2) is 36.5 Å². The summed E-state index contributed by atoms with van der Waals surface area (Å²) in [7, 11) is 0. The first kappa shape index (κ1) is 15.3. The second-order valence-electron chi connectivity index (χ2n) is 6.23. The Morgan fingerprint density at radius 3 is 2.65 bits per heavy atom. The molecule has 0 bridgehead atoms. The number of hydrogen-bond donors (Lipinski definition) is 1. The molecule has 0 fully saturated rings. The van der Waals surface area contributed by atoms with Gasteiger partial charge in [0.15, 0.2) is 23.0 Å². The van der Waals surface area contributed by atoms with E-state index in [1.807, 2.05) is 30.5 Å². The average Bonchev–Trinajstić information content (AvgIpc) is 3.33. The van der Waals surface area contributed by atoms with Gasteiger partial charge in [0.25, 0.3) is 0 Å². The van der Waals surface area contributed by atoms with E-state index in [4.69, 9.17) is 18.9 Å². The van der Waals surface area contributed by atoms with Gasteiger partial charge in [-0.25, -0.2) is 0 Å². The number of nitrogens with one attached hydrogen (secondary N) is 1. The number of rotatable bonds is 4. The van der Waals surface area contributed by atoms with Gasteiger partial charge in [-0.3, -0.25) is 4.98 Å². The molecule has 5 rings (SSSR count). The zero-order chi connectivity index (χ0) is 17.5. The summed E-state index contributed by atoms with van der Waals surface area (Å²) in [6, 6.07) is 10.1. The lowest BCUT2D eigenvalue weighted by molar-refractivity contribution is 0.174. The van der Waals surface area contributed by atoms with Crippen LogP contribution >= 0.6 is 0 Å². The fourth-order valence-electron chi connectivity index (χ4n) is 3.36. The Morgan fingerprint density at radius 1 is 0.962 bits per heavy atom. The van der Waals surface area contributed by atoms with Crippen LogP contribution in [0.1, 0.15) is 12.5 Å². The van der Waals surface area contributed by atoms with Crippen molar-refractivity contribution >= 4 is 10.8 Å². The van der Waals surface area contributed by atoms with Crippen LogP contribution in [0, 0.1) is 0 Å². The summed E-state index contributed by atoms with van der Waals surface area (Å²) < 4.78 is 22.1. The number of pyridine rings is 1. The van der Waals surface area contributed by atoms with Gasteiger partial charge in [-0.05, 0) is 41.8 Å². The minimum atomic E-state index is 0.255. The second kappa shape index (κ2) is 6.07. The maximum Gasteiger partial charge on any atom is 0.231 e. The van der Waals surface area contributed by atoms with Gasteiger partial charge in [0, 0.05) is 23.7 Å². The zero-order valence-corrected chi connectivity index (χ0v) is 14.4. The van der Waals surface area contributed by atoms with Crippen molar-refractivity contribution in [2.45, 2.75) is 13.5 Å². The smallest absolute Gasteiger partial charge is 0.231 e. The van der Waals surface area contributed by atoms with Gasteiger partial charge in [-0.15, -0.1) is 0 Å². The highest BCUT2D eigenvalue weighted by Crippen LogP contribution is 2.42. The maximum atomic E-state index is 5.59.